The van der Waals surface area contributed by atoms with Crippen molar-refractivity contribution in [2.45, 2.75) is 19.1 Å². The van der Waals surface area contributed by atoms with Gasteiger partial charge in [-0.3, -0.25) is 4.90 Å². The van der Waals surface area contributed by atoms with Crippen LogP contribution in [0.5, 0.6) is 0 Å². The first-order valence-corrected chi connectivity index (χ1v) is 4.42. The van der Waals surface area contributed by atoms with Crippen molar-refractivity contribution in [1.29, 1.82) is 0 Å². The minimum Gasteiger partial charge on any atom is -0.386 e. The minimum absolute atomic E-state index is 0.0869. The van der Waals surface area contributed by atoms with Crippen molar-refractivity contribution in [1.82, 2.24) is 4.90 Å². The Morgan fingerprint density at radius 3 is 3.17 bits per heavy atom. The highest BCUT2D eigenvalue weighted by atomic mass is 16.5. The predicted octanol–water partition coefficient (Wildman–Crippen LogP) is 0.254. The van der Waals surface area contributed by atoms with Gasteiger partial charge < -0.3 is 9.84 Å². The first kappa shape index (κ1) is 9.71. The summed E-state index contributed by atoms with van der Waals surface area (Å²) in [5.41, 5.74) is 0. The third-order valence-corrected chi connectivity index (χ3v) is 2.25. The van der Waals surface area contributed by atoms with Gasteiger partial charge in [0, 0.05) is 13.1 Å². The lowest BCUT2D eigenvalue weighted by Crippen LogP contribution is -2.46. The van der Waals surface area contributed by atoms with Gasteiger partial charge in [0.15, 0.2) is 0 Å². The standard InChI is InChI=1S/C9H17NO2/c1-3-8(11)9-7-10(4-2)5-6-12-9/h3,8-9,11H,1,4-7H2,2H3. The zero-order valence-electron chi connectivity index (χ0n) is 7.57. The Labute approximate surface area is 73.6 Å². The number of hydrogen-bond acceptors (Lipinski definition) is 3. The summed E-state index contributed by atoms with van der Waals surface area (Å²) in [5, 5.41) is 9.43. The predicted molar refractivity (Wildman–Crippen MR) is 48.1 cm³/mol. The van der Waals surface area contributed by atoms with Gasteiger partial charge in [-0.2, -0.15) is 0 Å². The summed E-state index contributed by atoms with van der Waals surface area (Å²) in [6, 6.07) is 0. The number of rotatable bonds is 3. The van der Waals surface area contributed by atoms with Crippen LogP contribution in [0, 0.1) is 0 Å². The average molecular weight is 171 g/mol. The highest BCUT2D eigenvalue weighted by molar-refractivity contribution is 4.88. The molecule has 2 unspecified atom stereocenters. The third kappa shape index (κ3) is 2.30. The van der Waals surface area contributed by atoms with Crippen LogP contribution in [-0.2, 0) is 4.74 Å². The molecule has 1 heterocycles. The van der Waals surface area contributed by atoms with Crippen molar-refractivity contribution in [3.63, 3.8) is 0 Å². The van der Waals surface area contributed by atoms with E-state index in [0.29, 0.717) is 6.61 Å². The molecule has 0 aromatic rings. The second-order valence-corrected chi connectivity index (χ2v) is 3.03. The molecule has 0 aromatic carbocycles. The molecule has 0 bridgehead atoms. The Kier molecular flexibility index (Phi) is 3.72. The first-order chi connectivity index (χ1) is 5.77. The fraction of sp³-hybridized carbons (Fsp3) is 0.778. The van der Waals surface area contributed by atoms with Gasteiger partial charge in [0.1, 0.15) is 0 Å². The van der Waals surface area contributed by atoms with Crippen LogP contribution in [0.3, 0.4) is 0 Å². The molecule has 3 heteroatoms. The monoisotopic (exact) mass is 171 g/mol. The molecule has 12 heavy (non-hydrogen) atoms. The van der Waals surface area contributed by atoms with Gasteiger partial charge in [0.25, 0.3) is 0 Å². The van der Waals surface area contributed by atoms with Crippen LogP contribution in [0.1, 0.15) is 6.92 Å². The van der Waals surface area contributed by atoms with Crippen LogP contribution in [0.4, 0.5) is 0 Å². The van der Waals surface area contributed by atoms with E-state index in [4.69, 9.17) is 4.74 Å². The number of nitrogens with zero attached hydrogens (tertiary/aromatic N) is 1. The summed E-state index contributed by atoms with van der Waals surface area (Å²) in [4.78, 5) is 2.26. The number of aliphatic hydroxyl groups is 1. The van der Waals surface area contributed by atoms with E-state index >= 15 is 0 Å². The number of morpholine rings is 1. The number of hydrogen-bond donors (Lipinski definition) is 1. The second-order valence-electron chi connectivity index (χ2n) is 3.03. The van der Waals surface area contributed by atoms with Crippen LogP contribution in [0.2, 0.25) is 0 Å². The lowest BCUT2D eigenvalue weighted by Gasteiger charge is -2.33. The summed E-state index contributed by atoms with van der Waals surface area (Å²) in [7, 11) is 0. The summed E-state index contributed by atoms with van der Waals surface area (Å²) in [6.45, 7) is 9.16. The lowest BCUT2D eigenvalue weighted by atomic mass is 10.1. The molecular formula is C9H17NO2. The quantitative estimate of drug-likeness (QED) is 0.618. The van der Waals surface area contributed by atoms with Crippen molar-refractivity contribution in [3.05, 3.63) is 12.7 Å². The SMILES string of the molecule is C=CC(O)C1CN(CC)CCO1. The molecule has 0 radical (unpaired) electrons. The molecular weight excluding hydrogens is 154 g/mol. The van der Waals surface area contributed by atoms with Crippen LogP contribution < -0.4 is 0 Å². The average Bonchev–Trinajstić information content (AvgIpc) is 2.17. The molecule has 0 aromatic heterocycles. The molecule has 0 amide bonds. The van der Waals surface area contributed by atoms with Crippen molar-refractivity contribution in [2.24, 2.45) is 0 Å². The maximum absolute atomic E-state index is 9.43. The van der Waals surface area contributed by atoms with Gasteiger partial charge in [-0.15, -0.1) is 6.58 Å². The van der Waals surface area contributed by atoms with E-state index in [1.165, 1.54) is 6.08 Å². The second kappa shape index (κ2) is 4.60. The molecule has 0 aliphatic carbocycles. The Balaban J connectivity index is 2.39. The van der Waals surface area contributed by atoms with E-state index in [1.807, 2.05) is 0 Å². The van der Waals surface area contributed by atoms with Gasteiger partial charge in [0.2, 0.25) is 0 Å². The fourth-order valence-corrected chi connectivity index (χ4v) is 1.38. The Bertz CT molecular complexity index is 149. The molecule has 1 aliphatic heterocycles. The fourth-order valence-electron chi connectivity index (χ4n) is 1.38. The summed E-state index contributed by atoms with van der Waals surface area (Å²) >= 11 is 0. The van der Waals surface area contributed by atoms with Gasteiger partial charge >= 0.3 is 0 Å². The summed E-state index contributed by atoms with van der Waals surface area (Å²) in [5.74, 6) is 0. The maximum atomic E-state index is 9.43. The lowest BCUT2D eigenvalue weighted by molar-refractivity contribution is -0.0728. The third-order valence-electron chi connectivity index (χ3n) is 2.25. The van der Waals surface area contributed by atoms with Crippen LogP contribution in [0.25, 0.3) is 0 Å². The largest absolute Gasteiger partial charge is 0.386 e. The van der Waals surface area contributed by atoms with E-state index in [-0.39, 0.29) is 6.10 Å². The Morgan fingerprint density at radius 2 is 2.58 bits per heavy atom. The smallest absolute Gasteiger partial charge is 0.0996 e. The normalized spacial score (nSPS) is 28.3. The van der Waals surface area contributed by atoms with Gasteiger partial charge in [0.05, 0.1) is 18.8 Å². The van der Waals surface area contributed by atoms with Crippen LogP contribution in [0.15, 0.2) is 12.7 Å². The van der Waals surface area contributed by atoms with E-state index in [2.05, 4.69) is 18.4 Å². The number of likely N-dealkylation sites (N-methyl/N-ethyl adjacent to an activating group) is 1. The number of aliphatic hydroxyl groups excluding tert-OH is 1. The summed E-state index contributed by atoms with van der Waals surface area (Å²) in [6.07, 6.45) is 0.916. The molecule has 3 nitrogen and oxygen atoms in total. The van der Waals surface area contributed by atoms with Crippen molar-refractivity contribution in [2.75, 3.05) is 26.2 Å². The topological polar surface area (TPSA) is 32.7 Å². The molecule has 1 fully saturated rings. The molecule has 1 N–H and O–H groups in total. The molecule has 70 valence electrons. The molecule has 2 atom stereocenters. The van der Waals surface area contributed by atoms with Gasteiger partial charge in [-0.05, 0) is 6.54 Å². The van der Waals surface area contributed by atoms with Crippen LogP contribution in [-0.4, -0.2) is 48.5 Å². The first-order valence-electron chi connectivity index (χ1n) is 4.42. The van der Waals surface area contributed by atoms with Gasteiger partial charge in [-0.25, -0.2) is 0 Å². The van der Waals surface area contributed by atoms with Crippen molar-refractivity contribution >= 4 is 0 Å². The van der Waals surface area contributed by atoms with Crippen molar-refractivity contribution < 1.29 is 9.84 Å². The molecule has 1 saturated heterocycles. The van der Waals surface area contributed by atoms with E-state index in [1.54, 1.807) is 0 Å². The minimum atomic E-state index is -0.528. The number of ether oxygens (including phenoxy) is 1. The van der Waals surface area contributed by atoms with Crippen LogP contribution >= 0.6 is 0 Å². The molecule has 1 rings (SSSR count). The maximum Gasteiger partial charge on any atom is 0.0996 e. The zero-order valence-corrected chi connectivity index (χ0v) is 7.57. The zero-order chi connectivity index (χ0) is 8.97. The highest BCUT2D eigenvalue weighted by Crippen LogP contribution is 2.08. The highest BCUT2D eigenvalue weighted by Gasteiger charge is 2.23. The Hall–Kier alpha value is -0.380. The van der Waals surface area contributed by atoms with E-state index in [0.717, 1.165) is 19.6 Å². The summed E-state index contributed by atoms with van der Waals surface area (Å²) < 4.78 is 5.40. The van der Waals surface area contributed by atoms with Crippen molar-refractivity contribution in [3.8, 4) is 0 Å². The van der Waals surface area contributed by atoms with E-state index in [9.17, 15) is 5.11 Å². The molecule has 0 spiro atoms. The Morgan fingerprint density at radius 1 is 1.83 bits per heavy atom. The molecule has 0 saturated carbocycles. The molecule has 1 aliphatic rings. The van der Waals surface area contributed by atoms with Gasteiger partial charge in [-0.1, -0.05) is 13.0 Å². The van der Waals surface area contributed by atoms with E-state index < -0.39 is 6.10 Å².